The number of halogens is 4. The van der Waals surface area contributed by atoms with E-state index in [9.17, 15) is 27.9 Å². The van der Waals surface area contributed by atoms with Crippen molar-refractivity contribution in [3.8, 4) is 0 Å². The molecule has 1 heterocycles. The Kier molecular flexibility index (Phi) is 8.32. The van der Waals surface area contributed by atoms with Gasteiger partial charge in [0, 0.05) is 16.4 Å². The number of aliphatic hydroxyl groups is 1. The molecule has 0 spiro atoms. The Bertz CT molecular complexity index is 1610. The summed E-state index contributed by atoms with van der Waals surface area (Å²) in [5.41, 5.74) is -0.237. The van der Waals surface area contributed by atoms with Gasteiger partial charge in [0.25, 0.3) is 11.8 Å². The second kappa shape index (κ2) is 11.4. The van der Waals surface area contributed by atoms with E-state index in [1.807, 2.05) is 20.8 Å². The molecule has 0 aliphatic heterocycles. The second-order valence-corrected chi connectivity index (χ2v) is 11.0. The van der Waals surface area contributed by atoms with Crippen LogP contribution in [0.2, 0.25) is 5.02 Å². The number of benzene rings is 3. The van der Waals surface area contributed by atoms with Crippen molar-refractivity contribution in [2.24, 2.45) is 5.41 Å². The van der Waals surface area contributed by atoms with E-state index >= 15 is 0 Å². The van der Waals surface area contributed by atoms with Crippen LogP contribution in [0.15, 0.2) is 54.6 Å². The number of nitrogens with zero attached hydrogens (tertiary/aromatic N) is 1. The maximum absolute atomic E-state index is 13.5. The fraction of sp³-hybridized carbons (Fsp3) is 0.276. The van der Waals surface area contributed by atoms with Crippen LogP contribution in [0.3, 0.4) is 0 Å². The molecule has 0 fully saturated rings. The van der Waals surface area contributed by atoms with E-state index in [4.69, 9.17) is 11.6 Å². The van der Waals surface area contributed by atoms with E-state index in [2.05, 4.69) is 25.9 Å². The predicted octanol–water partition coefficient (Wildman–Crippen LogP) is 6.87. The SMILES string of the molecule is Cc1c(Cl)cccc1NC(=O)c1cc(NC(=O)c2ccccc2C(F)(F)F)cc2[nH]c(N[C@H](CO)C(C)(C)C)nc12. The molecule has 8 nitrogen and oxygen atoms in total. The number of aliphatic hydroxyl groups excluding tert-OH is 1. The zero-order valence-electron chi connectivity index (χ0n) is 22.7. The van der Waals surface area contributed by atoms with Crippen LogP contribution < -0.4 is 16.0 Å². The Morgan fingerprint density at radius 1 is 1.00 bits per heavy atom. The smallest absolute Gasteiger partial charge is 0.394 e. The van der Waals surface area contributed by atoms with Crippen molar-refractivity contribution < 1.29 is 27.9 Å². The van der Waals surface area contributed by atoms with Crippen molar-refractivity contribution in [2.45, 2.75) is 39.9 Å². The maximum atomic E-state index is 13.5. The number of anilines is 3. The van der Waals surface area contributed by atoms with E-state index in [0.717, 1.165) is 12.1 Å². The molecule has 0 aliphatic rings. The summed E-state index contributed by atoms with van der Waals surface area (Å²) in [5.74, 6) is -1.33. The highest BCUT2D eigenvalue weighted by Crippen LogP contribution is 2.33. The number of carbonyl (C=O) groups is 2. The number of carbonyl (C=O) groups excluding carboxylic acids is 2. The van der Waals surface area contributed by atoms with E-state index in [0.29, 0.717) is 21.8 Å². The van der Waals surface area contributed by atoms with E-state index in [1.54, 1.807) is 25.1 Å². The highest BCUT2D eigenvalue weighted by atomic mass is 35.5. The van der Waals surface area contributed by atoms with Gasteiger partial charge in [0.1, 0.15) is 5.52 Å². The van der Waals surface area contributed by atoms with Gasteiger partial charge in [-0.05, 0) is 54.3 Å². The summed E-state index contributed by atoms with van der Waals surface area (Å²) in [7, 11) is 0. The number of H-pyrrole nitrogens is 1. The maximum Gasteiger partial charge on any atom is 0.417 e. The third-order valence-electron chi connectivity index (χ3n) is 6.62. The quantitative estimate of drug-likeness (QED) is 0.162. The molecular weight excluding hydrogens is 559 g/mol. The molecule has 0 unspecified atom stereocenters. The lowest BCUT2D eigenvalue weighted by atomic mass is 9.87. The average Bonchev–Trinajstić information content (AvgIpc) is 3.30. The van der Waals surface area contributed by atoms with Crippen LogP contribution in [0.5, 0.6) is 0 Å². The van der Waals surface area contributed by atoms with Crippen LogP contribution >= 0.6 is 11.6 Å². The van der Waals surface area contributed by atoms with Crippen molar-refractivity contribution in [1.29, 1.82) is 0 Å². The van der Waals surface area contributed by atoms with Crippen LogP contribution in [-0.4, -0.2) is 39.5 Å². The molecule has 4 rings (SSSR count). The Morgan fingerprint density at radius 3 is 2.34 bits per heavy atom. The highest BCUT2D eigenvalue weighted by molar-refractivity contribution is 6.31. The number of fused-ring (bicyclic) bond motifs is 1. The molecule has 3 aromatic carbocycles. The second-order valence-electron chi connectivity index (χ2n) is 10.6. The Labute approximate surface area is 239 Å². The van der Waals surface area contributed by atoms with E-state index in [1.165, 1.54) is 24.3 Å². The van der Waals surface area contributed by atoms with Crippen LogP contribution in [-0.2, 0) is 6.18 Å². The van der Waals surface area contributed by atoms with Gasteiger partial charge in [0.05, 0.1) is 34.9 Å². The van der Waals surface area contributed by atoms with Gasteiger partial charge in [-0.15, -0.1) is 0 Å². The molecule has 12 heteroatoms. The number of aromatic amines is 1. The molecule has 0 radical (unpaired) electrons. The molecule has 1 aromatic heterocycles. The molecule has 2 amide bonds. The lowest BCUT2D eigenvalue weighted by molar-refractivity contribution is -0.137. The summed E-state index contributed by atoms with van der Waals surface area (Å²) in [5, 5.41) is 18.7. The minimum atomic E-state index is -4.74. The number of nitrogens with one attached hydrogen (secondary N) is 4. The molecule has 4 aromatic rings. The van der Waals surface area contributed by atoms with Gasteiger partial charge in [-0.2, -0.15) is 13.2 Å². The van der Waals surface area contributed by atoms with E-state index in [-0.39, 0.29) is 34.7 Å². The normalized spacial score (nSPS) is 12.7. The van der Waals surface area contributed by atoms with Crippen molar-refractivity contribution in [3.63, 3.8) is 0 Å². The van der Waals surface area contributed by atoms with Gasteiger partial charge >= 0.3 is 6.18 Å². The summed E-state index contributed by atoms with van der Waals surface area (Å²) in [6.45, 7) is 7.34. The van der Waals surface area contributed by atoms with Crippen LogP contribution in [0.25, 0.3) is 11.0 Å². The number of imidazole rings is 1. The van der Waals surface area contributed by atoms with Crippen molar-refractivity contribution >= 4 is 51.8 Å². The van der Waals surface area contributed by atoms with Crippen molar-refractivity contribution in [3.05, 3.63) is 81.9 Å². The monoisotopic (exact) mass is 587 g/mol. The Morgan fingerprint density at radius 2 is 1.68 bits per heavy atom. The molecule has 0 saturated carbocycles. The molecule has 1 atom stereocenters. The minimum Gasteiger partial charge on any atom is -0.394 e. The third-order valence-corrected chi connectivity index (χ3v) is 7.03. The summed E-state index contributed by atoms with van der Waals surface area (Å²) in [6, 6.07) is 11.9. The number of amides is 2. The first-order valence-electron chi connectivity index (χ1n) is 12.6. The lowest BCUT2D eigenvalue weighted by Gasteiger charge is -2.29. The van der Waals surface area contributed by atoms with Crippen molar-refractivity contribution in [2.75, 3.05) is 22.6 Å². The predicted molar refractivity (Wildman–Crippen MR) is 154 cm³/mol. The molecule has 5 N–H and O–H groups in total. The van der Waals surface area contributed by atoms with Gasteiger partial charge in [0.15, 0.2) is 0 Å². The van der Waals surface area contributed by atoms with Gasteiger partial charge in [-0.25, -0.2) is 4.98 Å². The fourth-order valence-electron chi connectivity index (χ4n) is 4.19. The zero-order chi connectivity index (χ0) is 30.1. The van der Waals surface area contributed by atoms with Gasteiger partial charge in [-0.3, -0.25) is 9.59 Å². The largest absolute Gasteiger partial charge is 0.417 e. The number of hydrogen-bond acceptors (Lipinski definition) is 5. The first-order valence-corrected chi connectivity index (χ1v) is 13.0. The lowest BCUT2D eigenvalue weighted by Crippen LogP contribution is -2.37. The molecule has 0 aliphatic carbocycles. The Hall–Kier alpha value is -4.09. The summed E-state index contributed by atoms with van der Waals surface area (Å²) in [4.78, 5) is 34.0. The molecule has 0 bridgehead atoms. The van der Waals surface area contributed by atoms with E-state index < -0.39 is 35.2 Å². The molecule has 0 saturated heterocycles. The van der Waals surface area contributed by atoms with Gasteiger partial charge < -0.3 is 26.0 Å². The number of rotatable bonds is 7. The van der Waals surface area contributed by atoms with Gasteiger partial charge in [0.2, 0.25) is 5.95 Å². The first kappa shape index (κ1) is 29.9. The van der Waals surface area contributed by atoms with Crippen LogP contribution in [0.1, 0.15) is 52.6 Å². The molecule has 41 heavy (non-hydrogen) atoms. The standard InChI is InChI=1S/C29H29ClF3N5O3/c1-15-20(30)10-7-11-21(15)35-26(41)18-12-16(34-25(40)17-8-5-6-9-19(17)29(31,32)33)13-22-24(18)38-27(36-22)37-23(14-39)28(2,3)4/h5-13,23,39H,14H2,1-4H3,(H,34,40)(H,35,41)(H2,36,37,38)/t23-/m1/s1. The summed E-state index contributed by atoms with van der Waals surface area (Å²) in [6.07, 6.45) is -4.74. The topological polar surface area (TPSA) is 119 Å². The summed E-state index contributed by atoms with van der Waals surface area (Å²) < 4.78 is 40.6. The number of alkyl halides is 3. The fourth-order valence-corrected chi connectivity index (χ4v) is 4.37. The van der Waals surface area contributed by atoms with Crippen LogP contribution in [0.4, 0.5) is 30.5 Å². The third kappa shape index (κ3) is 6.63. The Balaban J connectivity index is 1.77. The van der Waals surface area contributed by atoms with Crippen molar-refractivity contribution in [1.82, 2.24) is 9.97 Å². The summed E-state index contributed by atoms with van der Waals surface area (Å²) >= 11 is 6.20. The molecular formula is C29H29ClF3N5O3. The first-order chi connectivity index (χ1) is 19.2. The highest BCUT2D eigenvalue weighted by Gasteiger charge is 2.35. The van der Waals surface area contributed by atoms with Gasteiger partial charge in [-0.1, -0.05) is 50.6 Å². The molecule has 216 valence electrons. The minimum absolute atomic E-state index is 0.0434. The zero-order valence-corrected chi connectivity index (χ0v) is 23.5. The number of hydrogen-bond donors (Lipinski definition) is 5. The van der Waals surface area contributed by atoms with Crippen LogP contribution in [0, 0.1) is 12.3 Å². The number of aromatic nitrogens is 2. The average molecular weight is 588 g/mol.